The molecule has 0 aliphatic carbocycles. The van der Waals surface area contributed by atoms with Crippen molar-refractivity contribution in [3.63, 3.8) is 0 Å². The second-order valence-electron chi connectivity index (χ2n) is 4.73. The monoisotopic (exact) mass is 352 g/mol. The zero-order chi connectivity index (χ0) is 15.2. The third kappa shape index (κ3) is 4.68. The molecule has 0 saturated carbocycles. The standard InChI is InChI=1S/C15H17BrN2O3/c1-2-6-18(10-15(19)20)9-14-17-8-13(21-14)11-4-3-5-12(16)7-11/h3-5,7-8H,2,6,9-10H2,1H3,(H,19,20). The highest BCUT2D eigenvalue weighted by Gasteiger charge is 2.13. The Morgan fingerprint density at radius 2 is 2.29 bits per heavy atom. The highest BCUT2D eigenvalue weighted by Crippen LogP contribution is 2.24. The van der Waals surface area contributed by atoms with Crippen LogP contribution >= 0.6 is 15.9 Å². The van der Waals surface area contributed by atoms with E-state index in [1.807, 2.05) is 31.2 Å². The van der Waals surface area contributed by atoms with E-state index < -0.39 is 5.97 Å². The molecular formula is C15H17BrN2O3. The van der Waals surface area contributed by atoms with Crippen LogP contribution in [0.15, 0.2) is 39.4 Å². The Labute approximate surface area is 131 Å². The summed E-state index contributed by atoms with van der Waals surface area (Å²) in [6.45, 7) is 3.09. The van der Waals surface area contributed by atoms with Crippen molar-refractivity contribution in [1.82, 2.24) is 9.88 Å². The minimum atomic E-state index is -0.845. The Morgan fingerprint density at radius 3 is 2.95 bits per heavy atom. The summed E-state index contributed by atoms with van der Waals surface area (Å²) in [5.41, 5.74) is 0.934. The van der Waals surface area contributed by atoms with E-state index in [0.717, 1.165) is 16.5 Å². The van der Waals surface area contributed by atoms with Gasteiger partial charge in [0.1, 0.15) is 0 Å². The molecule has 0 atom stereocenters. The van der Waals surface area contributed by atoms with Crippen LogP contribution in [0.3, 0.4) is 0 Å². The molecule has 1 heterocycles. The molecule has 0 saturated heterocycles. The summed E-state index contributed by atoms with van der Waals surface area (Å²) in [7, 11) is 0. The molecule has 21 heavy (non-hydrogen) atoms. The van der Waals surface area contributed by atoms with Crippen molar-refractivity contribution in [2.24, 2.45) is 0 Å². The largest absolute Gasteiger partial charge is 0.480 e. The minimum Gasteiger partial charge on any atom is -0.480 e. The van der Waals surface area contributed by atoms with Crippen molar-refractivity contribution in [3.8, 4) is 11.3 Å². The minimum absolute atomic E-state index is 0.0115. The predicted molar refractivity (Wildman–Crippen MR) is 82.8 cm³/mol. The number of carboxylic acid groups (broad SMARTS) is 1. The van der Waals surface area contributed by atoms with E-state index in [2.05, 4.69) is 20.9 Å². The first-order valence-corrected chi connectivity index (χ1v) is 7.52. The lowest BCUT2D eigenvalue weighted by Crippen LogP contribution is -2.30. The van der Waals surface area contributed by atoms with Crippen LogP contribution in [0.25, 0.3) is 11.3 Å². The molecule has 112 valence electrons. The summed E-state index contributed by atoms with van der Waals surface area (Å²) in [4.78, 5) is 16.9. The van der Waals surface area contributed by atoms with Gasteiger partial charge in [0.2, 0.25) is 5.89 Å². The van der Waals surface area contributed by atoms with Crippen molar-refractivity contribution in [1.29, 1.82) is 0 Å². The van der Waals surface area contributed by atoms with E-state index in [4.69, 9.17) is 9.52 Å². The van der Waals surface area contributed by atoms with E-state index >= 15 is 0 Å². The number of carboxylic acids is 1. The number of oxazole rings is 1. The number of hydrogen-bond acceptors (Lipinski definition) is 4. The second-order valence-corrected chi connectivity index (χ2v) is 5.65. The van der Waals surface area contributed by atoms with Gasteiger partial charge in [0.05, 0.1) is 19.3 Å². The van der Waals surface area contributed by atoms with Gasteiger partial charge < -0.3 is 9.52 Å². The van der Waals surface area contributed by atoms with Crippen molar-refractivity contribution < 1.29 is 14.3 Å². The Hall–Kier alpha value is -1.66. The molecule has 0 aliphatic rings. The fraction of sp³-hybridized carbons (Fsp3) is 0.333. The van der Waals surface area contributed by atoms with E-state index in [9.17, 15) is 4.79 Å². The maximum Gasteiger partial charge on any atom is 0.317 e. The third-order valence-corrected chi connectivity index (χ3v) is 3.41. The van der Waals surface area contributed by atoms with Gasteiger partial charge in [-0.2, -0.15) is 0 Å². The van der Waals surface area contributed by atoms with Crippen molar-refractivity contribution in [2.75, 3.05) is 13.1 Å². The third-order valence-electron chi connectivity index (χ3n) is 2.92. The molecule has 0 amide bonds. The van der Waals surface area contributed by atoms with Gasteiger partial charge in [-0.1, -0.05) is 35.0 Å². The summed E-state index contributed by atoms with van der Waals surface area (Å²) < 4.78 is 6.69. The molecule has 0 aliphatic heterocycles. The summed E-state index contributed by atoms with van der Waals surface area (Å²) in [5, 5.41) is 8.90. The van der Waals surface area contributed by atoms with Crippen molar-refractivity contribution in [3.05, 3.63) is 40.8 Å². The molecule has 1 aromatic heterocycles. The summed E-state index contributed by atoms with van der Waals surface area (Å²) in [6, 6.07) is 7.76. The zero-order valence-corrected chi connectivity index (χ0v) is 13.3. The molecule has 2 aromatic rings. The van der Waals surface area contributed by atoms with Crippen LogP contribution in [0.4, 0.5) is 0 Å². The lowest BCUT2D eigenvalue weighted by atomic mass is 10.2. The Balaban J connectivity index is 2.10. The molecule has 0 unspecified atom stereocenters. The lowest BCUT2D eigenvalue weighted by Gasteiger charge is -2.16. The molecule has 0 radical (unpaired) electrons. The molecule has 1 aromatic carbocycles. The van der Waals surface area contributed by atoms with Gasteiger partial charge in [-0.05, 0) is 25.1 Å². The molecule has 0 fully saturated rings. The van der Waals surface area contributed by atoms with Crippen molar-refractivity contribution >= 4 is 21.9 Å². The normalized spacial score (nSPS) is 11.0. The highest BCUT2D eigenvalue weighted by atomic mass is 79.9. The first-order chi connectivity index (χ1) is 10.1. The molecule has 0 spiro atoms. The molecule has 6 heteroatoms. The number of carbonyl (C=O) groups is 1. The number of aromatic nitrogens is 1. The zero-order valence-electron chi connectivity index (χ0n) is 11.8. The Kier molecular flexibility index (Phi) is 5.52. The molecule has 1 N–H and O–H groups in total. The van der Waals surface area contributed by atoms with E-state index in [-0.39, 0.29) is 6.54 Å². The average molecular weight is 353 g/mol. The maximum absolute atomic E-state index is 10.8. The number of aliphatic carboxylic acids is 1. The number of hydrogen-bond donors (Lipinski definition) is 1. The van der Waals surface area contributed by atoms with Crippen LogP contribution in [0, 0.1) is 0 Å². The number of halogens is 1. The number of benzene rings is 1. The van der Waals surface area contributed by atoms with Gasteiger partial charge in [-0.15, -0.1) is 0 Å². The Bertz CT molecular complexity index is 612. The lowest BCUT2D eigenvalue weighted by molar-refractivity contribution is -0.138. The van der Waals surface area contributed by atoms with Crippen LogP contribution < -0.4 is 0 Å². The van der Waals surface area contributed by atoms with E-state index in [1.165, 1.54) is 0 Å². The van der Waals surface area contributed by atoms with Gasteiger partial charge in [-0.25, -0.2) is 4.98 Å². The molecular weight excluding hydrogens is 336 g/mol. The highest BCUT2D eigenvalue weighted by molar-refractivity contribution is 9.10. The number of nitrogens with zero attached hydrogens (tertiary/aromatic N) is 2. The average Bonchev–Trinajstić information content (AvgIpc) is 2.87. The van der Waals surface area contributed by atoms with Crippen LogP contribution in [0.2, 0.25) is 0 Å². The summed E-state index contributed by atoms with van der Waals surface area (Å²) in [6.07, 6.45) is 2.55. The van der Waals surface area contributed by atoms with Crippen LogP contribution in [0.1, 0.15) is 19.2 Å². The van der Waals surface area contributed by atoms with Crippen molar-refractivity contribution in [2.45, 2.75) is 19.9 Å². The molecule has 2 rings (SSSR count). The maximum atomic E-state index is 10.8. The smallest absolute Gasteiger partial charge is 0.317 e. The van der Waals surface area contributed by atoms with Crippen LogP contribution in [-0.2, 0) is 11.3 Å². The molecule has 5 nitrogen and oxygen atoms in total. The van der Waals surface area contributed by atoms with Crippen LogP contribution in [0.5, 0.6) is 0 Å². The quantitative estimate of drug-likeness (QED) is 0.826. The fourth-order valence-corrected chi connectivity index (χ4v) is 2.47. The predicted octanol–water partition coefficient (Wildman–Crippen LogP) is 3.40. The topological polar surface area (TPSA) is 66.6 Å². The SMILES string of the molecule is CCCN(CC(=O)O)Cc1ncc(-c2cccc(Br)c2)o1. The van der Waals surface area contributed by atoms with Gasteiger partial charge in [-0.3, -0.25) is 9.69 Å². The van der Waals surface area contributed by atoms with Gasteiger partial charge in [0.15, 0.2) is 5.76 Å². The molecule has 0 bridgehead atoms. The number of rotatable bonds is 7. The van der Waals surface area contributed by atoms with Gasteiger partial charge in [0, 0.05) is 10.0 Å². The first kappa shape index (κ1) is 15.7. The van der Waals surface area contributed by atoms with E-state index in [1.54, 1.807) is 11.1 Å². The summed E-state index contributed by atoms with van der Waals surface area (Å²) >= 11 is 3.42. The fourth-order valence-electron chi connectivity index (χ4n) is 2.07. The second kappa shape index (κ2) is 7.38. The van der Waals surface area contributed by atoms with E-state index in [0.29, 0.717) is 24.7 Å². The first-order valence-electron chi connectivity index (χ1n) is 6.73. The Morgan fingerprint density at radius 1 is 1.48 bits per heavy atom. The van der Waals surface area contributed by atoms with Gasteiger partial charge in [0.25, 0.3) is 0 Å². The summed E-state index contributed by atoms with van der Waals surface area (Å²) in [5.74, 6) is 0.361. The van der Waals surface area contributed by atoms with Crippen LogP contribution in [-0.4, -0.2) is 34.0 Å². The van der Waals surface area contributed by atoms with Gasteiger partial charge >= 0.3 is 5.97 Å².